The van der Waals surface area contributed by atoms with Crippen molar-refractivity contribution in [3.8, 4) is 29.1 Å². The molecule has 128 valence electrons. The van der Waals surface area contributed by atoms with Gasteiger partial charge in [-0.15, -0.1) is 0 Å². The summed E-state index contributed by atoms with van der Waals surface area (Å²) in [4.78, 5) is 0. The van der Waals surface area contributed by atoms with Crippen LogP contribution in [0.2, 0.25) is 0 Å². The van der Waals surface area contributed by atoms with E-state index in [-0.39, 0.29) is 17.2 Å². The summed E-state index contributed by atoms with van der Waals surface area (Å²) in [7, 11) is 3.09. The average Bonchev–Trinajstić information content (AvgIpc) is 2.60. The van der Waals surface area contributed by atoms with E-state index in [1.54, 1.807) is 38.5 Å². The number of methoxy groups -OCH3 is 2. The lowest BCUT2D eigenvalue weighted by Gasteiger charge is -2.27. The number of ether oxygens (including phenoxy) is 3. The second-order valence-electron chi connectivity index (χ2n) is 5.38. The molecule has 3 rings (SSSR count). The first-order chi connectivity index (χ1) is 12.0. The van der Waals surface area contributed by atoms with Crippen LogP contribution in [0.1, 0.15) is 17.0 Å². The molecule has 0 unspecified atom stereocenters. The van der Waals surface area contributed by atoms with Crippen molar-refractivity contribution in [1.29, 1.82) is 5.26 Å². The minimum absolute atomic E-state index is 0.00675. The number of nitrogens with two attached hydrogens (primary N) is 1. The fourth-order valence-corrected chi connectivity index (χ4v) is 3.41. The number of hydrogen-bond donors (Lipinski definition) is 2. The van der Waals surface area contributed by atoms with Gasteiger partial charge in [-0.05, 0) is 23.8 Å². The number of aromatic hydroxyl groups is 1. The summed E-state index contributed by atoms with van der Waals surface area (Å²) < 4.78 is 16.9. The zero-order chi connectivity index (χ0) is 18.1. The van der Waals surface area contributed by atoms with E-state index in [4.69, 9.17) is 19.9 Å². The molecule has 0 radical (unpaired) electrons. The van der Waals surface area contributed by atoms with E-state index in [1.807, 2.05) is 0 Å². The molecule has 0 saturated heterocycles. The third-order valence-corrected chi connectivity index (χ3v) is 4.70. The Hall–Kier alpha value is -2.85. The number of phenolic OH excluding ortho intramolecular Hbond substituents is 1. The number of allylic oxidation sites excluding steroid dienone is 1. The summed E-state index contributed by atoms with van der Waals surface area (Å²) in [6.07, 6.45) is 0. The van der Waals surface area contributed by atoms with Crippen LogP contribution < -0.4 is 19.9 Å². The molecule has 0 spiro atoms. The zero-order valence-electron chi connectivity index (χ0n) is 13.5. The zero-order valence-corrected chi connectivity index (χ0v) is 15.1. The topological polar surface area (TPSA) is 97.7 Å². The second-order valence-corrected chi connectivity index (χ2v) is 6.23. The monoisotopic (exact) mass is 402 g/mol. The molecule has 0 aromatic heterocycles. The lowest BCUT2D eigenvalue weighted by Crippen LogP contribution is -2.21. The van der Waals surface area contributed by atoms with Crippen molar-refractivity contribution in [3.63, 3.8) is 0 Å². The lowest BCUT2D eigenvalue weighted by atomic mass is 9.83. The van der Waals surface area contributed by atoms with Gasteiger partial charge in [0.05, 0.1) is 20.1 Å². The molecule has 1 aliphatic rings. The number of hydrogen-bond acceptors (Lipinski definition) is 6. The molecule has 0 saturated carbocycles. The van der Waals surface area contributed by atoms with Crippen molar-refractivity contribution in [2.75, 3.05) is 14.2 Å². The van der Waals surface area contributed by atoms with Gasteiger partial charge in [0, 0.05) is 16.1 Å². The van der Waals surface area contributed by atoms with Gasteiger partial charge in [0.15, 0.2) is 11.5 Å². The fourth-order valence-electron chi connectivity index (χ4n) is 2.85. The summed E-state index contributed by atoms with van der Waals surface area (Å²) in [6.45, 7) is 0. The normalized spacial score (nSPS) is 15.8. The highest BCUT2D eigenvalue weighted by Gasteiger charge is 2.32. The van der Waals surface area contributed by atoms with E-state index in [9.17, 15) is 10.4 Å². The Labute approximate surface area is 153 Å². The fraction of sp³-hybridized carbons (Fsp3) is 0.167. The van der Waals surface area contributed by atoms with Gasteiger partial charge in [0.2, 0.25) is 5.88 Å². The van der Waals surface area contributed by atoms with Gasteiger partial charge in [0.25, 0.3) is 0 Å². The smallest absolute Gasteiger partial charge is 0.205 e. The molecule has 0 bridgehead atoms. The number of fused-ring (bicyclic) bond motifs is 1. The van der Waals surface area contributed by atoms with Crippen LogP contribution in [0.4, 0.5) is 0 Å². The number of phenols is 1. The summed E-state index contributed by atoms with van der Waals surface area (Å²) in [5.74, 6) is 1.09. The Kier molecular flexibility index (Phi) is 4.47. The van der Waals surface area contributed by atoms with Crippen LogP contribution in [0.5, 0.6) is 23.0 Å². The number of rotatable bonds is 3. The van der Waals surface area contributed by atoms with E-state index in [0.29, 0.717) is 17.2 Å². The Morgan fingerprint density at radius 2 is 1.84 bits per heavy atom. The van der Waals surface area contributed by atoms with Crippen molar-refractivity contribution < 1.29 is 19.3 Å². The molecular formula is C18H15BrN2O4. The molecule has 2 aromatic rings. The second kappa shape index (κ2) is 6.57. The summed E-state index contributed by atoms with van der Waals surface area (Å²) in [5.41, 5.74) is 7.71. The minimum Gasteiger partial charge on any atom is -0.508 e. The minimum atomic E-state index is -0.469. The van der Waals surface area contributed by atoms with Crippen LogP contribution in [0, 0.1) is 11.3 Å². The maximum absolute atomic E-state index is 9.71. The predicted octanol–water partition coefficient (Wildman–Crippen LogP) is 3.39. The van der Waals surface area contributed by atoms with Crippen LogP contribution in [0.15, 0.2) is 46.3 Å². The maximum atomic E-state index is 9.71. The van der Waals surface area contributed by atoms with Gasteiger partial charge < -0.3 is 25.1 Å². The molecule has 1 heterocycles. The first-order valence-electron chi connectivity index (χ1n) is 7.32. The Morgan fingerprint density at radius 3 is 2.48 bits per heavy atom. The molecule has 2 aromatic carbocycles. The highest BCUT2D eigenvalue weighted by Crippen LogP contribution is 2.47. The summed E-state index contributed by atoms with van der Waals surface area (Å²) in [6, 6.07) is 10.4. The number of halogens is 1. The lowest BCUT2D eigenvalue weighted by molar-refractivity contribution is 0.353. The first-order valence-corrected chi connectivity index (χ1v) is 8.11. The van der Waals surface area contributed by atoms with Crippen molar-refractivity contribution in [3.05, 3.63) is 57.4 Å². The SMILES string of the molecule is COc1cc(Br)c([C@@H]2C(C#N)=C(N)Oc3cc(O)ccc32)cc1OC. The number of nitriles is 1. The van der Waals surface area contributed by atoms with Crippen LogP contribution in [0.25, 0.3) is 0 Å². The van der Waals surface area contributed by atoms with Gasteiger partial charge in [-0.25, -0.2) is 0 Å². The highest BCUT2D eigenvalue weighted by molar-refractivity contribution is 9.10. The molecule has 1 atom stereocenters. The Bertz CT molecular complexity index is 918. The van der Waals surface area contributed by atoms with Crippen molar-refractivity contribution in [1.82, 2.24) is 0 Å². The predicted molar refractivity (Wildman–Crippen MR) is 94.7 cm³/mol. The van der Waals surface area contributed by atoms with E-state index in [2.05, 4.69) is 22.0 Å². The molecular weight excluding hydrogens is 388 g/mol. The van der Waals surface area contributed by atoms with Crippen LogP contribution in [0.3, 0.4) is 0 Å². The first kappa shape index (κ1) is 17.0. The van der Waals surface area contributed by atoms with Crippen LogP contribution in [-0.2, 0) is 0 Å². The third-order valence-electron chi connectivity index (χ3n) is 4.02. The van der Waals surface area contributed by atoms with E-state index in [0.717, 1.165) is 15.6 Å². The molecule has 0 fully saturated rings. The largest absolute Gasteiger partial charge is 0.508 e. The van der Waals surface area contributed by atoms with Gasteiger partial charge in [-0.1, -0.05) is 22.0 Å². The molecule has 3 N–H and O–H groups in total. The van der Waals surface area contributed by atoms with Crippen molar-refractivity contribution >= 4 is 15.9 Å². The third kappa shape index (κ3) is 2.85. The van der Waals surface area contributed by atoms with Crippen LogP contribution >= 0.6 is 15.9 Å². The van der Waals surface area contributed by atoms with E-state index >= 15 is 0 Å². The number of nitrogens with zero attached hydrogens (tertiary/aromatic N) is 1. The molecule has 6 nitrogen and oxygen atoms in total. The van der Waals surface area contributed by atoms with Crippen molar-refractivity contribution in [2.45, 2.75) is 5.92 Å². The maximum Gasteiger partial charge on any atom is 0.205 e. The van der Waals surface area contributed by atoms with E-state index in [1.165, 1.54) is 6.07 Å². The quantitative estimate of drug-likeness (QED) is 0.816. The molecule has 0 amide bonds. The number of benzene rings is 2. The van der Waals surface area contributed by atoms with Gasteiger partial charge in [-0.2, -0.15) is 5.26 Å². The molecule has 1 aliphatic heterocycles. The molecule has 25 heavy (non-hydrogen) atoms. The Morgan fingerprint density at radius 1 is 1.16 bits per heavy atom. The van der Waals surface area contributed by atoms with Crippen LogP contribution in [-0.4, -0.2) is 19.3 Å². The average molecular weight is 403 g/mol. The van der Waals surface area contributed by atoms with Gasteiger partial charge in [0.1, 0.15) is 23.1 Å². The summed E-state index contributed by atoms with van der Waals surface area (Å²) in [5, 5.41) is 19.3. The molecule has 0 aliphatic carbocycles. The summed E-state index contributed by atoms with van der Waals surface area (Å²) >= 11 is 3.53. The van der Waals surface area contributed by atoms with Gasteiger partial charge >= 0.3 is 0 Å². The van der Waals surface area contributed by atoms with E-state index < -0.39 is 5.92 Å². The van der Waals surface area contributed by atoms with Crippen molar-refractivity contribution in [2.24, 2.45) is 5.73 Å². The molecule has 7 heteroatoms. The standard InChI is InChI=1S/C18H15BrN2O4/c1-23-15-6-11(13(19)7-16(15)24-2)17-10-4-3-9(22)5-14(10)25-18(21)12(17)8-20/h3-7,17,22H,21H2,1-2H3/t17-/m1/s1. The Balaban J connectivity index is 2.27. The highest BCUT2D eigenvalue weighted by atomic mass is 79.9. The van der Waals surface area contributed by atoms with Gasteiger partial charge in [-0.3, -0.25) is 0 Å².